The lowest BCUT2D eigenvalue weighted by atomic mass is 9.89. The normalized spacial score (nSPS) is 25.1. The molecule has 3 nitrogen and oxygen atoms in total. The van der Waals surface area contributed by atoms with Gasteiger partial charge in [0.25, 0.3) is 0 Å². The smallest absolute Gasteiger partial charge is 0.156 e. The highest BCUT2D eigenvalue weighted by Gasteiger charge is 2.36. The topological polar surface area (TPSA) is 27.6 Å². The van der Waals surface area contributed by atoms with E-state index >= 15 is 0 Å². The molecular weight excluding hydrogens is 230 g/mol. The van der Waals surface area contributed by atoms with Crippen molar-refractivity contribution in [3.05, 3.63) is 0 Å². The summed E-state index contributed by atoms with van der Waals surface area (Å²) in [6.45, 7) is 4.34. The van der Waals surface area contributed by atoms with Gasteiger partial charge >= 0.3 is 0 Å². The molecule has 1 unspecified atom stereocenters. The maximum Gasteiger partial charge on any atom is 0.156 e. The third-order valence-electron chi connectivity index (χ3n) is 3.75. The zero-order chi connectivity index (χ0) is 12.3. The number of likely N-dealkylation sites (N-methyl/N-ethyl adjacent to an activating group) is 1. The molecule has 0 radical (unpaired) electrons. The number of thioether (sulfide) groups is 1. The van der Waals surface area contributed by atoms with Gasteiger partial charge in [0, 0.05) is 24.9 Å². The van der Waals surface area contributed by atoms with Crippen LogP contribution < -0.4 is 5.32 Å². The summed E-state index contributed by atoms with van der Waals surface area (Å²) in [6, 6.07) is 0.480. The molecular formula is C13H25N3S. The molecule has 2 rings (SSSR count). The SMILES string of the molecule is CC(CN(C)C)NC1=NCC2(CCCC2)CS1. The van der Waals surface area contributed by atoms with Gasteiger partial charge in [-0.3, -0.25) is 4.99 Å². The molecule has 1 N–H and O–H groups in total. The molecule has 1 heterocycles. The second-order valence-electron chi connectivity index (χ2n) is 5.92. The van der Waals surface area contributed by atoms with Crippen LogP contribution in [0.5, 0.6) is 0 Å². The van der Waals surface area contributed by atoms with E-state index in [1.165, 1.54) is 31.4 Å². The lowest BCUT2D eigenvalue weighted by molar-refractivity contribution is 0.354. The Hall–Kier alpha value is -0.220. The molecule has 1 aliphatic carbocycles. The van der Waals surface area contributed by atoms with Crippen LogP contribution >= 0.6 is 11.8 Å². The van der Waals surface area contributed by atoms with Gasteiger partial charge in [-0.1, -0.05) is 24.6 Å². The van der Waals surface area contributed by atoms with Gasteiger partial charge in [-0.25, -0.2) is 0 Å². The van der Waals surface area contributed by atoms with E-state index in [0.29, 0.717) is 11.5 Å². The van der Waals surface area contributed by atoms with Crippen molar-refractivity contribution in [1.29, 1.82) is 0 Å². The number of amidine groups is 1. The van der Waals surface area contributed by atoms with Crippen molar-refractivity contribution in [2.45, 2.75) is 38.6 Å². The van der Waals surface area contributed by atoms with Crippen LogP contribution in [0.3, 0.4) is 0 Å². The van der Waals surface area contributed by atoms with Crippen LogP contribution in [-0.4, -0.2) is 49.0 Å². The quantitative estimate of drug-likeness (QED) is 0.838. The Morgan fingerprint density at radius 2 is 2.12 bits per heavy atom. The van der Waals surface area contributed by atoms with Crippen molar-refractivity contribution < 1.29 is 0 Å². The number of nitrogens with one attached hydrogen (secondary N) is 1. The highest BCUT2D eigenvalue weighted by Crippen LogP contribution is 2.43. The molecule has 2 aliphatic rings. The first kappa shape index (κ1) is 13.2. The molecule has 0 amide bonds. The van der Waals surface area contributed by atoms with Crippen molar-refractivity contribution in [3.8, 4) is 0 Å². The van der Waals surface area contributed by atoms with Crippen LogP contribution in [0.25, 0.3) is 0 Å². The summed E-state index contributed by atoms with van der Waals surface area (Å²) in [4.78, 5) is 6.97. The van der Waals surface area contributed by atoms with Crippen molar-refractivity contribution in [2.75, 3.05) is 32.9 Å². The average Bonchev–Trinajstić information content (AvgIpc) is 2.69. The Bertz CT molecular complexity index is 282. The highest BCUT2D eigenvalue weighted by atomic mass is 32.2. The first-order valence-corrected chi connectivity index (χ1v) is 7.67. The maximum absolute atomic E-state index is 4.76. The van der Waals surface area contributed by atoms with E-state index < -0.39 is 0 Å². The van der Waals surface area contributed by atoms with Gasteiger partial charge in [0.05, 0.1) is 0 Å². The van der Waals surface area contributed by atoms with Gasteiger partial charge < -0.3 is 10.2 Å². The molecule has 0 aromatic heterocycles. The number of hydrogen-bond donors (Lipinski definition) is 1. The number of nitrogens with zero attached hydrogens (tertiary/aromatic N) is 2. The van der Waals surface area contributed by atoms with E-state index in [2.05, 4.69) is 31.2 Å². The fraction of sp³-hybridized carbons (Fsp3) is 0.923. The third kappa shape index (κ3) is 3.62. The molecule has 0 aromatic rings. The highest BCUT2D eigenvalue weighted by molar-refractivity contribution is 8.13. The van der Waals surface area contributed by atoms with E-state index in [4.69, 9.17) is 4.99 Å². The summed E-state index contributed by atoms with van der Waals surface area (Å²) in [7, 11) is 4.23. The zero-order valence-electron chi connectivity index (χ0n) is 11.3. The summed E-state index contributed by atoms with van der Waals surface area (Å²) < 4.78 is 0. The minimum Gasteiger partial charge on any atom is -0.361 e. The molecule has 0 aromatic carbocycles. The van der Waals surface area contributed by atoms with Gasteiger partial charge in [-0.15, -0.1) is 0 Å². The van der Waals surface area contributed by atoms with E-state index in [9.17, 15) is 0 Å². The molecule has 0 saturated heterocycles. The predicted molar refractivity (Wildman–Crippen MR) is 76.8 cm³/mol. The molecule has 17 heavy (non-hydrogen) atoms. The molecule has 1 atom stereocenters. The van der Waals surface area contributed by atoms with Crippen molar-refractivity contribution >= 4 is 16.9 Å². The average molecular weight is 255 g/mol. The Kier molecular flexibility index (Phi) is 4.36. The minimum absolute atomic E-state index is 0.480. The van der Waals surface area contributed by atoms with Gasteiger partial charge in [0.15, 0.2) is 5.17 Å². The standard InChI is InChI=1S/C13H25N3S/c1-11(8-16(2)3)15-12-14-9-13(10-17-12)6-4-5-7-13/h11H,4-10H2,1-3H3,(H,14,15). The van der Waals surface area contributed by atoms with E-state index in [0.717, 1.165) is 18.3 Å². The van der Waals surface area contributed by atoms with Gasteiger partial charge in [0.1, 0.15) is 0 Å². The van der Waals surface area contributed by atoms with Crippen molar-refractivity contribution in [2.24, 2.45) is 10.4 Å². The Balaban J connectivity index is 1.82. The maximum atomic E-state index is 4.76. The minimum atomic E-state index is 0.480. The monoisotopic (exact) mass is 255 g/mol. The van der Waals surface area contributed by atoms with Crippen molar-refractivity contribution in [3.63, 3.8) is 0 Å². The number of hydrogen-bond acceptors (Lipinski definition) is 4. The lowest BCUT2D eigenvalue weighted by Crippen LogP contribution is -2.41. The molecule has 1 aliphatic heterocycles. The van der Waals surface area contributed by atoms with Gasteiger partial charge in [-0.05, 0) is 39.3 Å². The molecule has 1 spiro atoms. The number of rotatable bonds is 3. The Labute approximate surface area is 109 Å². The Morgan fingerprint density at radius 1 is 1.41 bits per heavy atom. The van der Waals surface area contributed by atoms with Gasteiger partial charge in [-0.2, -0.15) is 0 Å². The van der Waals surface area contributed by atoms with E-state index in [1.54, 1.807) is 0 Å². The van der Waals surface area contributed by atoms with Crippen LogP contribution in [0.4, 0.5) is 0 Å². The summed E-state index contributed by atoms with van der Waals surface area (Å²) in [5.74, 6) is 1.27. The van der Waals surface area contributed by atoms with E-state index in [-0.39, 0.29) is 0 Å². The van der Waals surface area contributed by atoms with Crippen LogP contribution in [0.2, 0.25) is 0 Å². The molecule has 1 saturated carbocycles. The largest absolute Gasteiger partial charge is 0.361 e. The first-order chi connectivity index (χ1) is 8.10. The second-order valence-corrected chi connectivity index (χ2v) is 6.89. The van der Waals surface area contributed by atoms with Gasteiger partial charge in [0.2, 0.25) is 0 Å². The van der Waals surface area contributed by atoms with Crippen LogP contribution in [0.1, 0.15) is 32.6 Å². The summed E-state index contributed by atoms with van der Waals surface area (Å²) in [5, 5.41) is 4.69. The molecule has 98 valence electrons. The van der Waals surface area contributed by atoms with Crippen LogP contribution in [0, 0.1) is 5.41 Å². The molecule has 4 heteroatoms. The lowest BCUT2D eigenvalue weighted by Gasteiger charge is -2.32. The first-order valence-electron chi connectivity index (χ1n) is 6.68. The fourth-order valence-corrected chi connectivity index (χ4v) is 4.13. The molecule has 0 bridgehead atoms. The van der Waals surface area contributed by atoms with Crippen LogP contribution in [-0.2, 0) is 0 Å². The third-order valence-corrected chi connectivity index (χ3v) is 5.02. The Morgan fingerprint density at radius 3 is 2.65 bits per heavy atom. The number of aliphatic imine (C=N–C) groups is 1. The summed E-state index contributed by atoms with van der Waals surface area (Å²) in [6.07, 6.45) is 5.61. The second kappa shape index (κ2) is 5.61. The van der Waals surface area contributed by atoms with E-state index in [1.807, 2.05) is 11.8 Å². The molecule has 1 fully saturated rings. The predicted octanol–water partition coefficient (Wildman–Crippen LogP) is 2.19. The van der Waals surface area contributed by atoms with Crippen molar-refractivity contribution in [1.82, 2.24) is 10.2 Å². The van der Waals surface area contributed by atoms with Crippen LogP contribution in [0.15, 0.2) is 4.99 Å². The summed E-state index contributed by atoms with van der Waals surface area (Å²) >= 11 is 1.94. The zero-order valence-corrected chi connectivity index (χ0v) is 12.1. The summed E-state index contributed by atoms with van der Waals surface area (Å²) in [5.41, 5.74) is 0.556. The fourth-order valence-electron chi connectivity index (χ4n) is 2.87.